The van der Waals surface area contributed by atoms with Gasteiger partial charge in [0.05, 0.1) is 22.9 Å². The summed E-state index contributed by atoms with van der Waals surface area (Å²) < 4.78 is 120. The zero-order valence-corrected chi connectivity index (χ0v) is 22.7. The average Bonchev–Trinajstić information content (AvgIpc) is 2.84. The van der Waals surface area contributed by atoms with E-state index in [0.717, 1.165) is 4.90 Å². The standard InChI is InChI=1S/C26H29F7N3O3S/c1-15-10-21(27)4-5-22(15)23-11-17-6-8-36(23,34-40(38,39)9-7-17)24(37)35(3)16(2)18-12-19(25(28,29)30)14-20(13-18)26(31,32)33/h4-5,10,12-14,16-17,23,34H,6-9,11H2,1-3H3/q+1/t16?,17-,23-,36?/m1/s1. The van der Waals surface area contributed by atoms with Crippen LogP contribution in [0.2, 0.25) is 0 Å². The summed E-state index contributed by atoms with van der Waals surface area (Å²) in [7, 11) is -2.80. The Balaban J connectivity index is 1.82. The number of nitrogens with zero attached hydrogens (tertiary/aromatic N) is 2. The molecular formula is C26H29F7N3O3S+. The van der Waals surface area contributed by atoms with Crippen LogP contribution in [-0.4, -0.2) is 43.3 Å². The minimum atomic E-state index is -5.08. The van der Waals surface area contributed by atoms with E-state index in [1.54, 1.807) is 6.92 Å². The molecule has 4 atom stereocenters. The molecule has 3 heterocycles. The molecule has 0 spiro atoms. The van der Waals surface area contributed by atoms with Crippen molar-refractivity contribution in [3.05, 3.63) is 70.0 Å². The summed E-state index contributed by atoms with van der Waals surface area (Å²) in [6, 6.07) is 2.07. The number of halogens is 7. The molecule has 2 aromatic carbocycles. The highest BCUT2D eigenvalue weighted by molar-refractivity contribution is 7.89. The lowest BCUT2D eigenvalue weighted by atomic mass is 9.83. The lowest BCUT2D eigenvalue weighted by Gasteiger charge is -2.49. The predicted molar refractivity (Wildman–Crippen MR) is 131 cm³/mol. The summed E-state index contributed by atoms with van der Waals surface area (Å²) in [5, 5.41) is 0. The molecule has 2 aromatic rings. The van der Waals surface area contributed by atoms with Crippen molar-refractivity contribution < 1.29 is 48.5 Å². The van der Waals surface area contributed by atoms with Gasteiger partial charge in [-0.25, -0.2) is 17.6 Å². The van der Waals surface area contributed by atoms with Crippen molar-refractivity contribution in [2.45, 2.75) is 57.5 Å². The average molecular weight is 597 g/mol. The minimum Gasteiger partial charge on any atom is -0.287 e. The first-order chi connectivity index (χ1) is 18.3. The summed E-state index contributed by atoms with van der Waals surface area (Å²) in [5.74, 6) is -0.838. The van der Waals surface area contributed by atoms with Crippen molar-refractivity contribution in [3.8, 4) is 0 Å². The van der Waals surface area contributed by atoms with E-state index in [4.69, 9.17) is 0 Å². The summed E-state index contributed by atoms with van der Waals surface area (Å²) in [6.45, 7) is 2.89. The van der Waals surface area contributed by atoms with Gasteiger partial charge < -0.3 is 0 Å². The third-order valence-corrected chi connectivity index (χ3v) is 9.36. The van der Waals surface area contributed by atoms with E-state index in [-0.39, 0.29) is 24.3 Å². The summed E-state index contributed by atoms with van der Waals surface area (Å²) in [5.41, 5.74) is -2.47. The number of nitrogens with one attached hydrogen (secondary N) is 1. The monoisotopic (exact) mass is 596 g/mol. The van der Waals surface area contributed by atoms with Gasteiger partial charge in [-0.2, -0.15) is 26.3 Å². The van der Waals surface area contributed by atoms with Crippen LogP contribution in [0.4, 0.5) is 35.5 Å². The number of carbonyl (C=O) groups is 1. The molecule has 14 heteroatoms. The Hall–Kier alpha value is -2.71. The molecule has 3 fully saturated rings. The number of sulfonamides is 1. The first-order valence-corrected chi connectivity index (χ1v) is 14.2. The first kappa shape index (κ1) is 30.3. The number of piperidine rings is 1. The van der Waals surface area contributed by atoms with Gasteiger partial charge in [-0.3, -0.25) is 4.90 Å². The fraction of sp³-hybridized carbons (Fsp3) is 0.500. The van der Waals surface area contributed by atoms with Crippen LogP contribution in [0.15, 0.2) is 36.4 Å². The van der Waals surface area contributed by atoms with Gasteiger partial charge in [0.1, 0.15) is 18.4 Å². The van der Waals surface area contributed by atoms with E-state index < -0.39 is 67.6 Å². The molecule has 0 radical (unpaired) electrons. The number of carbonyl (C=O) groups excluding carboxylic acids is 1. The molecule has 6 nitrogen and oxygen atoms in total. The van der Waals surface area contributed by atoms with Crippen LogP contribution in [0.25, 0.3) is 0 Å². The largest absolute Gasteiger partial charge is 0.440 e. The smallest absolute Gasteiger partial charge is 0.287 e. The fourth-order valence-electron chi connectivity index (χ4n) is 5.68. The van der Waals surface area contributed by atoms with Gasteiger partial charge in [0, 0.05) is 25.5 Å². The maximum absolute atomic E-state index is 14.2. The lowest BCUT2D eigenvalue weighted by Crippen LogP contribution is -2.71. The highest BCUT2D eigenvalue weighted by atomic mass is 32.2. The van der Waals surface area contributed by atoms with Crippen molar-refractivity contribution in [3.63, 3.8) is 0 Å². The minimum absolute atomic E-state index is 0.00232. The van der Waals surface area contributed by atoms with Gasteiger partial charge in [-0.1, -0.05) is 0 Å². The van der Waals surface area contributed by atoms with Crippen molar-refractivity contribution in [2.75, 3.05) is 19.3 Å². The van der Waals surface area contributed by atoms with Crippen molar-refractivity contribution in [1.29, 1.82) is 0 Å². The van der Waals surface area contributed by atoms with Crippen molar-refractivity contribution >= 4 is 16.1 Å². The molecule has 5 rings (SSSR count). The van der Waals surface area contributed by atoms with E-state index in [0.29, 0.717) is 42.5 Å². The molecule has 3 saturated heterocycles. The van der Waals surface area contributed by atoms with E-state index in [9.17, 15) is 43.9 Å². The molecule has 2 bridgehead atoms. The summed E-state index contributed by atoms with van der Waals surface area (Å²) >= 11 is 0. The molecule has 0 aromatic heterocycles. The fourth-order valence-corrected chi connectivity index (χ4v) is 7.21. The van der Waals surface area contributed by atoms with E-state index in [2.05, 4.69) is 4.83 Å². The molecule has 40 heavy (non-hydrogen) atoms. The number of rotatable bonds is 3. The molecule has 0 aliphatic carbocycles. The van der Waals surface area contributed by atoms with Gasteiger partial charge >= 0.3 is 18.4 Å². The van der Waals surface area contributed by atoms with Crippen LogP contribution in [-0.2, 0) is 22.4 Å². The third-order valence-electron chi connectivity index (χ3n) is 7.98. The van der Waals surface area contributed by atoms with Crippen LogP contribution >= 0.6 is 0 Å². The zero-order chi connectivity index (χ0) is 29.8. The highest BCUT2D eigenvalue weighted by Gasteiger charge is 2.56. The number of quaternary nitrogens is 1. The quantitative estimate of drug-likeness (QED) is 0.326. The normalized spacial score (nSPS) is 25.6. The van der Waals surface area contributed by atoms with Gasteiger partial charge in [0.2, 0.25) is 0 Å². The summed E-state index contributed by atoms with van der Waals surface area (Å²) in [4.78, 5) is 17.7. The summed E-state index contributed by atoms with van der Waals surface area (Å²) in [6.07, 6.45) is -8.99. The zero-order valence-electron chi connectivity index (χ0n) is 21.9. The van der Waals surface area contributed by atoms with Gasteiger partial charge in [0.25, 0.3) is 10.0 Å². The van der Waals surface area contributed by atoms with Crippen LogP contribution in [0, 0.1) is 18.7 Å². The Bertz CT molecular complexity index is 1380. The molecule has 3 aliphatic rings. The van der Waals surface area contributed by atoms with E-state index in [1.807, 2.05) is 0 Å². The molecular weight excluding hydrogens is 567 g/mol. The second-order valence-corrected chi connectivity index (χ2v) is 12.4. The molecule has 1 N–H and O–H groups in total. The topological polar surface area (TPSA) is 66.5 Å². The second-order valence-electron chi connectivity index (χ2n) is 10.6. The van der Waals surface area contributed by atoms with Crippen molar-refractivity contribution in [1.82, 2.24) is 9.73 Å². The SMILES string of the molecule is Cc1cc(F)ccc1[C@H]1C[C@@H]2CC[N+]1(C(=O)N(C)C(C)c1cc(C(F)(F)F)cc(C(F)(F)F)c1)NS(=O)(=O)CC2. The van der Waals surface area contributed by atoms with Crippen LogP contribution < -0.4 is 4.83 Å². The molecule has 220 valence electrons. The number of hydrogen-bond acceptors (Lipinski definition) is 3. The highest BCUT2D eigenvalue weighted by Crippen LogP contribution is 2.45. The predicted octanol–water partition coefficient (Wildman–Crippen LogP) is 6.49. The number of amides is 2. The maximum atomic E-state index is 14.2. The Labute approximate surface area is 227 Å². The number of urea groups is 1. The van der Waals surface area contributed by atoms with Gasteiger partial charge in [-0.05, 0) is 78.5 Å². The third kappa shape index (κ3) is 5.84. The van der Waals surface area contributed by atoms with Crippen LogP contribution in [0.5, 0.6) is 0 Å². The number of fused-ring (bicyclic) bond motifs is 5. The molecule has 2 unspecified atom stereocenters. The second kappa shape index (κ2) is 10.3. The number of benzene rings is 2. The van der Waals surface area contributed by atoms with Crippen molar-refractivity contribution in [2.24, 2.45) is 5.92 Å². The lowest BCUT2D eigenvalue weighted by molar-refractivity contribution is -0.921. The Kier molecular flexibility index (Phi) is 7.78. The Morgan fingerprint density at radius 3 is 2.17 bits per heavy atom. The van der Waals surface area contributed by atoms with E-state index >= 15 is 0 Å². The number of alkyl halides is 6. The van der Waals surface area contributed by atoms with Gasteiger partial charge in [0.15, 0.2) is 0 Å². The molecule has 0 saturated carbocycles. The molecule has 2 amide bonds. The Morgan fingerprint density at radius 2 is 1.62 bits per heavy atom. The molecule has 3 aliphatic heterocycles. The maximum Gasteiger partial charge on any atom is 0.440 e. The van der Waals surface area contributed by atoms with E-state index in [1.165, 1.54) is 32.2 Å². The van der Waals surface area contributed by atoms with Gasteiger partial charge in [-0.15, -0.1) is 4.59 Å². The van der Waals surface area contributed by atoms with Crippen LogP contribution in [0.3, 0.4) is 0 Å². The Morgan fingerprint density at radius 1 is 1.02 bits per heavy atom. The van der Waals surface area contributed by atoms with Crippen LogP contribution in [0.1, 0.15) is 66.1 Å². The first-order valence-electron chi connectivity index (χ1n) is 12.6. The number of aryl methyl sites for hydroxylation is 1. The number of hydrogen-bond donors (Lipinski definition) is 1.